The molecule has 0 aliphatic heterocycles. The van der Waals surface area contributed by atoms with E-state index in [1.807, 2.05) is 0 Å². The first-order valence-electron chi connectivity index (χ1n) is 9.65. The molecule has 4 aromatic rings. The molecule has 0 saturated carbocycles. The van der Waals surface area contributed by atoms with Gasteiger partial charge in [-0.1, -0.05) is 0 Å². The number of hydrogen-bond donors (Lipinski definition) is 1. The third-order valence-corrected chi connectivity index (χ3v) is 5.17. The van der Waals surface area contributed by atoms with Gasteiger partial charge >= 0.3 is 6.61 Å². The summed E-state index contributed by atoms with van der Waals surface area (Å²) in [4.78, 5) is 27.0. The lowest BCUT2D eigenvalue weighted by Gasteiger charge is -2.04. The Bertz CT molecular complexity index is 1290. The second-order valence-corrected chi connectivity index (χ2v) is 7.56. The summed E-state index contributed by atoms with van der Waals surface area (Å²) < 4.78 is 39.8. The first-order chi connectivity index (χ1) is 16.4. The minimum Gasteiger partial charge on any atom is -0.486 e. The number of furan rings is 1. The molecule has 9 nitrogen and oxygen atoms in total. The number of nitrogens with one attached hydrogen (secondary N) is 1. The number of halogens is 2. The molecule has 0 fully saturated rings. The highest BCUT2D eigenvalue weighted by Gasteiger charge is 2.15. The van der Waals surface area contributed by atoms with Crippen LogP contribution in [-0.2, 0) is 6.61 Å². The van der Waals surface area contributed by atoms with Gasteiger partial charge in [-0.25, -0.2) is 4.98 Å². The van der Waals surface area contributed by atoms with Gasteiger partial charge in [-0.05, 0) is 48.5 Å². The Hall–Kier alpha value is -4.32. The summed E-state index contributed by atoms with van der Waals surface area (Å²) in [5, 5.41) is 15.4. The van der Waals surface area contributed by atoms with Crippen molar-refractivity contribution in [3.05, 3.63) is 87.7 Å². The maximum Gasteiger partial charge on any atom is 0.387 e. The maximum atomic E-state index is 12.5. The SMILES string of the molecule is O=C(Nc1nc(-c2ccc(OC(F)F)cc2)cs1)c1ccc(COc2ccc([N+](=O)[O-])cc2)o1. The van der Waals surface area contributed by atoms with E-state index < -0.39 is 17.4 Å². The van der Waals surface area contributed by atoms with Crippen LogP contribution in [-0.4, -0.2) is 22.4 Å². The average Bonchev–Trinajstić information content (AvgIpc) is 3.48. The molecule has 2 heterocycles. The van der Waals surface area contributed by atoms with Crippen LogP contribution in [0.5, 0.6) is 11.5 Å². The molecule has 0 aliphatic rings. The molecular weight excluding hydrogens is 472 g/mol. The van der Waals surface area contributed by atoms with Crippen LogP contribution in [0, 0.1) is 10.1 Å². The van der Waals surface area contributed by atoms with Gasteiger partial charge in [0, 0.05) is 23.1 Å². The van der Waals surface area contributed by atoms with Gasteiger partial charge in [0.25, 0.3) is 11.6 Å². The molecule has 0 saturated heterocycles. The summed E-state index contributed by atoms with van der Waals surface area (Å²) in [6.07, 6.45) is 0. The first-order valence-corrected chi connectivity index (χ1v) is 10.5. The molecule has 0 aliphatic carbocycles. The molecule has 34 heavy (non-hydrogen) atoms. The van der Waals surface area contributed by atoms with Gasteiger partial charge in [-0.2, -0.15) is 8.78 Å². The fourth-order valence-corrected chi connectivity index (χ4v) is 3.54. The molecule has 174 valence electrons. The Labute approximate surface area is 194 Å². The van der Waals surface area contributed by atoms with Crippen molar-refractivity contribution >= 4 is 28.1 Å². The topological polar surface area (TPSA) is 117 Å². The van der Waals surface area contributed by atoms with E-state index in [1.165, 1.54) is 53.8 Å². The molecule has 1 N–H and O–H groups in total. The fraction of sp³-hybridized carbons (Fsp3) is 0.0909. The Kier molecular flexibility index (Phi) is 6.78. The van der Waals surface area contributed by atoms with Gasteiger partial charge in [-0.15, -0.1) is 11.3 Å². The van der Waals surface area contributed by atoms with E-state index >= 15 is 0 Å². The number of rotatable bonds is 9. The summed E-state index contributed by atoms with van der Waals surface area (Å²) in [6, 6.07) is 14.6. The fourth-order valence-electron chi connectivity index (χ4n) is 2.83. The third-order valence-electron chi connectivity index (χ3n) is 4.41. The Morgan fingerprint density at radius 3 is 2.47 bits per heavy atom. The van der Waals surface area contributed by atoms with E-state index in [0.29, 0.717) is 27.9 Å². The number of carbonyl (C=O) groups is 1. The Balaban J connectivity index is 1.33. The van der Waals surface area contributed by atoms with Crippen molar-refractivity contribution in [1.82, 2.24) is 4.98 Å². The molecule has 0 radical (unpaired) electrons. The second-order valence-electron chi connectivity index (χ2n) is 6.70. The number of ether oxygens (including phenoxy) is 2. The lowest BCUT2D eigenvalue weighted by Crippen LogP contribution is -2.10. The van der Waals surface area contributed by atoms with E-state index in [0.717, 1.165) is 0 Å². The number of aromatic nitrogens is 1. The lowest BCUT2D eigenvalue weighted by atomic mass is 10.2. The van der Waals surface area contributed by atoms with Crippen LogP contribution < -0.4 is 14.8 Å². The molecule has 0 bridgehead atoms. The van der Waals surface area contributed by atoms with Gasteiger partial charge in [-0.3, -0.25) is 20.2 Å². The van der Waals surface area contributed by atoms with Gasteiger partial charge in [0.2, 0.25) is 0 Å². The van der Waals surface area contributed by atoms with Crippen LogP contribution >= 0.6 is 11.3 Å². The summed E-state index contributed by atoms with van der Waals surface area (Å²) in [5.41, 5.74) is 1.18. The number of nitro groups is 1. The van der Waals surface area contributed by atoms with Gasteiger partial charge < -0.3 is 13.9 Å². The summed E-state index contributed by atoms with van der Waals surface area (Å²) in [5.74, 6) is 0.371. The van der Waals surface area contributed by atoms with Gasteiger partial charge in [0.05, 0.1) is 10.6 Å². The van der Waals surface area contributed by atoms with Crippen LogP contribution in [0.1, 0.15) is 16.3 Å². The van der Waals surface area contributed by atoms with E-state index in [-0.39, 0.29) is 23.8 Å². The van der Waals surface area contributed by atoms with Crippen molar-refractivity contribution < 1.29 is 32.4 Å². The van der Waals surface area contributed by atoms with Crippen molar-refractivity contribution in [2.45, 2.75) is 13.2 Å². The minimum absolute atomic E-state index is 0.0256. The zero-order valence-electron chi connectivity index (χ0n) is 17.1. The minimum atomic E-state index is -2.90. The normalized spacial score (nSPS) is 10.8. The van der Waals surface area contributed by atoms with Crippen molar-refractivity contribution in [1.29, 1.82) is 0 Å². The predicted octanol–water partition coefficient (Wildman–Crippen LogP) is 5.74. The predicted molar refractivity (Wildman–Crippen MR) is 118 cm³/mol. The van der Waals surface area contributed by atoms with Crippen LogP contribution in [0.4, 0.5) is 19.6 Å². The summed E-state index contributed by atoms with van der Waals surface area (Å²) in [7, 11) is 0. The van der Waals surface area contributed by atoms with Crippen LogP contribution in [0.15, 0.2) is 70.5 Å². The number of anilines is 1. The van der Waals surface area contributed by atoms with E-state index in [9.17, 15) is 23.7 Å². The highest BCUT2D eigenvalue weighted by Crippen LogP contribution is 2.27. The van der Waals surface area contributed by atoms with Crippen molar-refractivity contribution in [3.8, 4) is 22.8 Å². The zero-order chi connectivity index (χ0) is 24.1. The molecule has 0 atom stereocenters. The summed E-state index contributed by atoms with van der Waals surface area (Å²) >= 11 is 1.19. The van der Waals surface area contributed by atoms with Crippen molar-refractivity contribution in [2.75, 3.05) is 5.32 Å². The molecular formula is C22H15F2N3O6S. The van der Waals surface area contributed by atoms with E-state index in [4.69, 9.17) is 9.15 Å². The number of thiazole rings is 1. The standard InChI is InChI=1S/C22H15F2N3O6S/c23-21(24)33-16-5-1-13(2-6-16)18-12-34-22(25-18)26-20(28)19-10-9-17(32-19)11-31-15-7-3-14(4-8-15)27(29)30/h1-10,12,21H,11H2,(H,25,26,28). The number of nitrogens with zero attached hydrogens (tertiary/aromatic N) is 2. The van der Waals surface area contributed by atoms with Crippen LogP contribution in [0.3, 0.4) is 0 Å². The quantitative estimate of drug-likeness (QED) is 0.236. The van der Waals surface area contributed by atoms with Gasteiger partial charge in [0.15, 0.2) is 10.9 Å². The molecule has 12 heteroatoms. The highest BCUT2D eigenvalue weighted by molar-refractivity contribution is 7.14. The third kappa shape index (κ3) is 5.72. The first kappa shape index (κ1) is 22.9. The number of amides is 1. The number of nitro benzene ring substituents is 1. The zero-order valence-corrected chi connectivity index (χ0v) is 18.0. The number of carbonyl (C=O) groups excluding carboxylic acids is 1. The Morgan fingerprint density at radius 1 is 1.09 bits per heavy atom. The van der Waals surface area contributed by atoms with Crippen LogP contribution in [0.25, 0.3) is 11.3 Å². The maximum absolute atomic E-state index is 12.5. The van der Waals surface area contributed by atoms with E-state index in [1.54, 1.807) is 23.6 Å². The number of non-ortho nitro benzene ring substituents is 1. The molecule has 0 spiro atoms. The van der Waals surface area contributed by atoms with Gasteiger partial charge in [0.1, 0.15) is 23.9 Å². The molecule has 1 amide bonds. The molecule has 0 unspecified atom stereocenters. The lowest BCUT2D eigenvalue weighted by molar-refractivity contribution is -0.384. The smallest absolute Gasteiger partial charge is 0.387 e. The molecule has 2 aromatic heterocycles. The Morgan fingerprint density at radius 2 is 1.79 bits per heavy atom. The molecule has 2 aromatic carbocycles. The largest absolute Gasteiger partial charge is 0.486 e. The molecule has 4 rings (SSSR count). The second kappa shape index (κ2) is 10.1. The number of benzene rings is 2. The van der Waals surface area contributed by atoms with E-state index in [2.05, 4.69) is 15.0 Å². The van der Waals surface area contributed by atoms with Crippen LogP contribution in [0.2, 0.25) is 0 Å². The summed E-state index contributed by atoms with van der Waals surface area (Å²) in [6.45, 7) is -2.87. The van der Waals surface area contributed by atoms with Crippen molar-refractivity contribution in [3.63, 3.8) is 0 Å². The monoisotopic (exact) mass is 487 g/mol. The van der Waals surface area contributed by atoms with Crippen molar-refractivity contribution in [2.24, 2.45) is 0 Å². The average molecular weight is 487 g/mol. The highest BCUT2D eigenvalue weighted by atomic mass is 32.1. The number of hydrogen-bond acceptors (Lipinski definition) is 8. The number of alkyl halides is 2.